The van der Waals surface area contributed by atoms with E-state index in [0.29, 0.717) is 5.75 Å². The van der Waals surface area contributed by atoms with Crippen LogP contribution in [0.4, 0.5) is 13.2 Å². The van der Waals surface area contributed by atoms with Crippen LogP contribution in [-0.4, -0.2) is 41.1 Å². The van der Waals surface area contributed by atoms with E-state index in [1.165, 1.54) is 16.7 Å². The predicted molar refractivity (Wildman–Crippen MR) is 89.6 cm³/mol. The summed E-state index contributed by atoms with van der Waals surface area (Å²) in [6.45, 7) is 1.83. The minimum Gasteiger partial charge on any atom is -0.464 e. The molecule has 1 aliphatic heterocycles. The molecule has 1 heterocycles. The third-order valence-corrected chi connectivity index (χ3v) is 5.30. The van der Waals surface area contributed by atoms with Crippen LogP contribution < -0.4 is 0 Å². The zero-order valence-corrected chi connectivity index (χ0v) is 15.3. The Hall–Kier alpha value is -1.12. The van der Waals surface area contributed by atoms with Crippen LogP contribution in [0.15, 0.2) is 18.2 Å². The fourth-order valence-electron chi connectivity index (χ4n) is 2.28. The number of ether oxygens (including phenoxy) is 1. The van der Waals surface area contributed by atoms with Gasteiger partial charge in [0.05, 0.1) is 18.0 Å². The SMILES string of the molecule is CCOC(=O)C1CSCN1C(=O)C(Cl)c1ccc(C(F)(F)F)cc1Cl. The molecule has 0 radical (unpaired) electrons. The summed E-state index contributed by atoms with van der Waals surface area (Å²) in [4.78, 5) is 25.8. The van der Waals surface area contributed by atoms with Crippen LogP contribution in [0.2, 0.25) is 5.02 Å². The second-order valence-corrected chi connectivity index (χ2v) is 7.02. The number of carbonyl (C=O) groups is 2. The average Bonchev–Trinajstić information content (AvgIpc) is 3.02. The number of alkyl halides is 4. The lowest BCUT2D eigenvalue weighted by Gasteiger charge is -2.25. The van der Waals surface area contributed by atoms with E-state index in [1.54, 1.807) is 6.92 Å². The summed E-state index contributed by atoms with van der Waals surface area (Å²) in [6, 6.07) is 1.84. The normalized spacial score (nSPS) is 19.0. The van der Waals surface area contributed by atoms with Crippen molar-refractivity contribution in [2.75, 3.05) is 18.2 Å². The number of hydrogen-bond acceptors (Lipinski definition) is 4. The molecular weight excluding hydrogens is 402 g/mol. The predicted octanol–water partition coefficient (Wildman–Crippen LogP) is 4.10. The van der Waals surface area contributed by atoms with Crippen LogP contribution in [0, 0.1) is 0 Å². The van der Waals surface area contributed by atoms with Gasteiger partial charge < -0.3 is 9.64 Å². The molecule has 0 saturated carbocycles. The third-order valence-electron chi connectivity index (χ3n) is 3.54. The van der Waals surface area contributed by atoms with E-state index >= 15 is 0 Å². The van der Waals surface area contributed by atoms with Crippen molar-refractivity contribution in [2.24, 2.45) is 0 Å². The Balaban J connectivity index is 2.21. The summed E-state index contributed by atoms with van der Waals surface area (Å²) in [5, 5.41) is -1.56. The zero-order chi connectivity index (χ0) is 18.8. The maximum Gasteiger partial charge on any atom is 0.416 e. The van der Waals surface area contributed by atoms with Crippen LogP contribution in [0.1, 0.15) is 23.4 Å². The number of rotatable bonds is 4. The van der Waals surface area contributed by atoms with Crippen molar-refractivity contribution in [3.63, 3.8) is 0 Å². The highest BCUT2D eigenvalue weighted by Crippen LogP contribution is 2.37. The number of hydrogen-bond donors (Lipinski definition) is 0. The Morgan fingerprint density at radius 2 is 2.12 bits per heavy atom. The molecule has 1 saturated heterocycles. The van der Waals surface area contributed by atoms with E-state index in [1.807, 2.05) is 0 Å². The summed E-state index contributed by atoms with van der Waals surface area (Å²) in [5.74, 6) is -0.534. The lowest BCUT2D eigenvalue weighted by molar-refractivity contribution is -0.152. The van der Waals surface area contributed by atoms with Crippen LogP contribution in [0.25, 0.3) is 0 Å². The van der Waals surface area contributed by atoms with Gasteiger partial charge in [-0.3, -0.25) is 4.79 Å². The average molecular weight is 416 g/mol. The van der Waals surface area contributed by atoms with Crippen molar-refractivity contribution in [1.82, 2.24) is 4.90 Å². The first kappa shape index (κ1) is 20.2. The number of carbonyl (C=O) groups excluding carboxylic acids is 2. The number of halogens is 5. The quantitative estimate of drug-likeness (QED) is 0.548. The molecule has 1 amide bonds. The van der Waals surface area contributed by atoms with E-state index in [-0.39, 0.29) is 23.1 Å². The van der Waals surface area contributed by atoms with Crippen LogP contribution in [0.5, 0.6) is 0 Å². The Morgan fingerprint density at radius 3 is 2.68 bits per heavy atom. The fourth-order valence-corrected chi connectivity index (χ4v) is 4.09. The van der Waals surface area contributed by atoms with Gasteiger partial charge in [0.15, 0.2) is 0 Å². The second-order valence-electron chi connectivity index (χ2n) is 5.17. The lowest BCUT2D eigenvalue weighted by atomic mass is 10.1. The molecule has 138 valence electrons. The van der Waals surface area contributed by atoms with Crippen molar-refractivity contribution in [1.29, 1.82) is 0 Å². The highest BCUT2D eigenvalue weighted by atomic mass is 35.5. The van der Waals surface area contributed by atoms with E-state index in [9.17, 15) is 22.8 Å². The number of nitrogens with zero attached hydrogens (tertiary/aromatic N) is 1. The van der Waals surface area contributed by atoms with E-state index < -0.39 is 35.0 Å². The summed E-state index contributed by atoms with van der Waals surface area (Å²) in [6.07, 6.45) is -4.55. The molecule has 2 atom stereocenters. The number of esters is 1. The van der Waals surface area contributed by atoms with Gasteiger partial charge in [0, 0.05) is 10.8 Å². The van der Waals surface area contributed by atoms with Crippen molar-refractivity contribution >= 4 is 46.8 Å². The minimum atomic E-state index is -4.55. The first-order valence-corrected chi connectivity index (χ1v) is 9.19. The molecule has 25 heavy (non-hydrogen) atoms. The van der Waals surface area contributed by atoms with Gasteiger partial charge in [0.1, 0.15) is 11.4 Å². The van der Waals surface area contributed by atoms with Crippen LogP contribution in [-0.2, 0) is 20.5 Å². The largest absolute Gasteiger partial charge is 0.464 e. The fraction of sp³-hybridized carbons (Fsp3) is 0.467. The monoisotopic (exact) mass is 415 g/mol. The first-order valence-electron chi connectivity index (χ1n) is 7.22. The molecule has 0 bridgehead atoms. The first-order chi connectivity index (χ1) is 11.7. The van der Waals surface area contributed by atoms with Gasteiger partial charge in [-0.2, -0.15) is 13.2 Å². The standard InChI is InChI=1S/C15H14Cl2F3NO3S/c1-2-24-14(23)11-6-25-7-21(11)13(22)12(17)9-4-3-8(5-10(9)16)15(18,19)20/h3-5,11-12H,2,6-7H2,1H3. The van der Waals surface area contributed by atoms with Gasteiger partial charge in [-0.1, -0.05) is 17.7 Å². The molecule has 0 spiro atoms. The topological polar surface area (TPSA) is 46.6 Å². The Labute approximate surface area is 156 Å². The molecule has 1 aromatic carbocycles. The van der Waals surface area contributed by atoms with Gasteiger partial charge in [-0.05, 0) is 24.6 Å². The molecule has 1 fully saturated rings. The molecule has 1 aliphatic rings. The zero-order valence-electron chi connectivity index (χ0n) is 13.0. The summed E-state index contributed by atoms with van der Waals surface area (Å²) in [7, 11) is 0. The molecule has 0 aliphatic carbocycles. The smallest absolute Gasteiger partial charge is 0.416 e. The van der Waals surface area contributed by atoms with Gasteiger partial charge in [-0.15, -0.1) is 23.4 Å². The molecule has 4 nitrogen and oxygen atoms in total. The third kappa shape index (κ3) is 4.54. The molecule has 0 aromatic heterocycles. The van der Waals surface area contributed by atoms with Crippen LogP contribution in [0.3, 0.4) is 0 Å². The highest BCUT2D eigenvalue weighted by Gasteiger charge is 2.39. The van der Waals surface area contributed by atoms with Crippen molar-refractivity contribution in [3.05, 3.63) is 34.3 Å². The number of thioether (sulfide) groups is 1. The Morgan fingerprint density at radius 1 is 1.44 bits per heavy atom. The summed E-state index contributed by atoms with van der Waals surface area (Å²) >= 11 is 13.4. The summed E-state index contributed by atoms with van der Waals surface area (Å²) in [5.41, 5.74) is -0.875. The molecule has 2 rings (SSSR count). The van der Waals surface area contributed by atoms with Crippen molar-refractivity contribution in [2.45, 2.75) is 24.5 Å². The van der Waals surface area contributed by atoms with Gasteiger partial charge in [-0.25, -0.2) is 4.79 Å². The molecular formula is C15H14Cl2F3NO3S. The van der Waals surface area contributed by atoms with Gasteiger partial charge in [0.25, 0.3) is 0 Å². The minimum absolute atomic E-state index is 0.0563. The summed E-state index contributed by atoms with van der Waals surface area (Å²) < 4.78 is 43.0. The number of benzene rings is 1. The van der Waals surface area contributed by atoms with E-state index in [4.69, 9.17) is 27.9 Å². The highest BCUT2D eigenvalue weighted by molar-refractivity contribution is 7.99. The van der Waals surface area contributed by atoms with Crippen molar-refractivity contribution in [3.8, 4) is 0 Å². The van der Waals surface area contributed by atoms with E-state index in [0.717, 1.165) is 18.2 Å². The molecule has 2 unspecified atom stereocenters. The second kappa shape index (κ2) is 8.05. The van der Waals surface area contributed by atoms with Gasteiger partial charge in [0.2, 0.25) is 5.91 Å². The Bertz CT molecular complexity index is 672. The Kier molecular flexibility index (Phi) is 6.51. The molecule has 1 aromatic rings. The lowest BCUT2D eigenvalue weighted by Crippen LogP contribution is -2.44. The van der Waals surface area contributed by atoms with E-state index in [2.05, 4.69) is 0 Å². The number of amides is 1. The molecule has 10 heteroatoms. The van der Waals surface area contributed by atoms with Crippen LogP contribution >= 0.6 is 35.0 Å². The van der Waals surface area contributed by atoms with Crippen molar-refractivity contribution < 1.29 is 27.5 Å². The van der Waals surface area contributed by atoms with Gasteiger partial charge >= 0.3 is 12.1 Å². The maximum absolute atomic E-state index is 12.7. The molecule has 0 N–H and O–H groups in total. The maximum atomic E-state index is 12.7.